The summed E-state index contributed by atoms with van der Waals surface area (Å²) in [6.45, 7) is 3.39. The van der Waals surface area contributed by atoms with E-state index in [-0.39, 0.29) is 5.88 Å². The lowest BCUT2D eigenvalue weighted by molar-refractivity contribution is -0.402. The Labute approximate surface area is 110 Å². The molecule has 1 unspecified atom stereocenters. The first-order valence-corrected chi connectivity index (χ1v) is 6.16. The fourth-order valence-electron chi connectivity index (χ4n) is 2.48. The summed E-state index contributed by atoms with van der Waals surface area (Å²) in [5.41, 5.74) is -0.696. The quantitative estimate of drug-likeness (QED) is 0.646. The molecule has 19 heavy (non-hydrogen) atoms. The standard InChI is InChI=1S/C12H16N2O5/c1-2-12(11(15)16)5-6-13(8-12)7-9-3-4-10(19-9)14(17)18/h3-4H,2,5-8H2,1H3,(H,15,16). The Morgan fingerprint density at radius 2 is 2.37 bits per heavy atom. The topological polar surface area (TPSA) is 96.8 Å². The number of nitro groups is 1. The van der Waals surface area contributed by atoms with Crippen LogP contribution in [0.2, 0.25) is 0 Å². The highest BCUT2D eigenvalue weighted by Gasteiger charge is 2.43. The molecule has 1 saturated heterocycles. The molecule has 104 valence electrons. The number of hydrogen-bond donors (Lipinski definition) is 1. The third-order valence-electron chi connectivity index (χ3n) is 3.77. The average Bonchev–Trinajstić information content (AvgIpc) is 2.97. The van der Waals surface area contributed by atoms with Crippen molar-refractivity contribution in [3.05, 3.63) is 28.0 Å². The van der Waals surface area contributed by atoms with E-state index in [0.717, 1.165) is 0 Å². The molecule has 0 aliphatic carbocycles. The van der Waals surface area contributed by atoms with Crippen molar-refractivity contribution in [2.45, 2.75) is 26.3 Å². The summed E-state index contributed by atoms with van der Waals surface area (Å²) >= 11 is 0. The van der Waals surface area contributed by atoms with E-state index in [1.165, 1.54) is 6.07 Å². The summed E-state index contributed by atoms with van der Waals surface area (Å²) in [5.74, 6) is -0.568. The van der Waals surface area contributed by atoms with Crippen molar-refractivity contribution in [1.82, 2.24) is 4.90 Å². The van der Waals surface area contributed by atoms with E-state index in [2.05, 4.69) is 0 Å². The van der Waals surface area contributed by atoms with Crippen LogP contribution < -0.4 is 0 Å². The van der Waals surface area contributed by atoms with E-state index in [9.17, 15) is 20.0 Å². The first-order chi connectivity index (χ1) is 8.97. The van der Waals surface area contributed by atoms with Crippen molar-refractivity contribution in [3.8, 4) is 0 Å². The second kappa shape index (κ2) is 5.00. The number of furan rings is 1. The van der Waals surface area contributed by atoms with Crippen LogP contribution in [0.3, 0.4) is 0 Å². The fourth-order valence-corrected chi connectivity index (χ4v) is 2.48. The minimum atomic E-state index is -0.775. The zero-order valence-electron chi connectivity index (χ0n) is 10.7. The number of carboxylic acids is 1. The molecule has 0 saturated carbocycles. The second-order valence-corrected chi connectivity index (χ2v) is 4.90. The van der Waals surface area contributed by atoms with E-state index in [1.54, 1.807) is 6.07 Å². The summed E-state index contributed by atoms with van der Waals surface area (Å²) < 4.78 is 5.08. The van der Waals surface area contributed by atoms with Gasteiger partial charge in [0.25, 0.3) is 0 Å². The molecule has 1 aromatic rings. The smallest absolute Gasteiger partial charge is 0.433 e. The van der Waals surface area contributed by atoms with Gasteiger partial charge < -0.3 is 9.52 Å². The molecule has 0 bridgehead atoms. The highest BCUT2D eigenvalue weighted by Crippen LogP contribution is 2.35. The number of rotatable bonds is 5. The lowest BCUT2D eigenvalue weighted by Gasteiger charge is -2.22. The van der Waals surface area contributed by atoms with Crippen molar-refractivity contribution in [2.75, 3.05) is 13.1 Å². The van der Waals surface area contributed by atoms with Crippen molar-refractivity contribution < 1.29 is 19.2 Å². The van der Waals surface area contributed by atoms with Crippen LogP contribution in [0.25, 0.3) is 0 Å². The molecule has 2 heterocycles. The van der Waals surface area contributed by atoms with Crippen LogP contribution in [-0.4, -0.2) is 34.0 Å². The maximum atomic E-state index is 11.3. The SMILES string of the molecule is CCC1(C(=O)O)CCN(Cc2ccc([N+](=O)[O-])o2)C1. The number of hydrogen-bond acceptors (Lipinski definition) is 5. The Bertz CT molecular complexity index is 498. The van der Waals surface area contributed by atoms with Gasteiger partial charge in [-0.2, -0.15) is 0 Å². The largest absolute Gasteiger partial charge is 0.481 e. The first kappa shape index (κ1) is 13.5. The van der Waals surface area contributed by atoms with Crippen molar-refractivity contribution >= 4 is 11.9 Å². The zero-order chi connectivity index (χ0) is 14.0. The first-order valence-electron chi connectivity index (χ1n) is 6.16. The molecule has 0 spiro atoms. The minimum Gasteiger partial charge on any atom is -0.481 e. The van der Waals surface area contributed by atoms with E-state index < -0.39 is 16.3 Å². The van der Waals surface area contributed by atoms with E-state index >= 15 is 0 Å². The van der Waals surface area contributed by atoms with Crippen molar-refractivity contribution in [2.24, 2.45) is 5.41 Å². The van der Waals surface area contributed by atoms with Crippen LogP contribution in [0, 0.1) is 15.5 Å². The lowest BCUT2D eigenvalue weighted by Crippen LogP contribution is -2.33. The van der Waals surface area contributed by atoms with Gasteiger partial charge in [0.15, 0.2) is 0 Å². The number of carbonyl (C=O) groups is 1. The van der Waals surface area contributed by atoms with Gasteiger partial charge in [-0.15, -0.1) is 0 Å². The summed E-state index contributed by atoms with van der Waals surface area (Å²) in [5, 5.41) is 19.8. The molecule has 1 aliphatic heterocycles. The molecule has 0 aromatic carbocycles. The van der Waals surface area contributed by atoms with Crippen molar-refractivity contribution in [1.29, 1.82) is 0 Å². The molecule has 7 nitrogen and oxygen atoms in total. The monoisotopic (exact) mass is 268 g/mol. The Morgan fingerprint density at radius 3 is 2.84 bits per heavy atom. The third kappa shape index (κ3) is 2.60. The van der Waals surface area contributed by atoms with Crippen LogP contribution in [0.5, 0.6) is 0 Å². The molecule has 1 fully saturated rings. The normalized spacial score (nSPS) is 23.6. The molecule has 1 N–H and O–H groups in total. The predicted octanol–water partition coefficient (Wildman–Crippen LogP) is 1.87. The fraction of sp³-hybridized carbons (Fsp3) is 0.583. The van der Waals surface area contributed by atoms with Crippen LogP contribution >= 0.6 is 0 Å². The lowest BCUT2D eigenvalue weighted by atomic mass is 9.84. The van der Waals surface area contributed by atoms with Gasteiger partial charge in [-0.1, -0.05) is 6.92 Å². The Kier molecular flexibility index (Phi) is 3.57. The van der Waals surface area contributed by atoms with Gasteiger partial charge >= 0.3 is 11.9 Å². The predicted molar refractivity (Wildman–Crippen MR) is 65.6 cm³/mol. The summed E-state index contributed by atoms with van der Waals surface area (Å²) in [6, 6.07) is 2.88. The van der Waals surface area contributed by atoms with Crippen LogP contribution in [0.1, 0.15) is 25.5 Å². The summed E-state index contributed by atoms with van der Waals surface area (Å²) in [7, 11) is 0. The highest BCUT2D eigenvalue weighted by atomic mass is 16.6. The number of carboxylic acid groups (broad SMARTS) is 1. The zero-order valence-corrected chi connectivity index (χ0v) is 10.7. The van der Waals surface area contributed by atoms with E-state index in [1.807, 2.05) is 11.8 Å². The minimum absolute atomic E-state index is 0.283. The number of nitrogens with zero attached hydrogens (tertiary/aromatic N) is 2. The number of likely N-dealkylation sites (tertiary alicyclic amines) is 1. The molecule has 1 aromatic heterocycles. The Hall–Kier alpha value is -1.89. The summed E-state index contributed by atoms with van der Waals surface area (Å²) in [6.07, 6.45) is 1.18. The maximum absolute atomic E-state index is 11.3. The molecule has 0 radical (unpaired) electrons. The molecule has 1 atom stereocenters. The van der Waals surface area contributed by atoms with Gasteiger partial charge in [-0.05, 0) is 25.5 Å². The van der Waals surface area contributed by atoms with Crippen molar-refractivity contribution in [3.63, 3.8) is 0 Å². The Morgan fingerprint density at radius 1 is 1.63 bits per heavy atom. The molecular weight excluding hydrogens is 252 g/mol. The van der Waals surface area contributed by atoms with Gasteiger partial charge in [0.2, 0.25) is 0 Å². The van der Waals surface area contributed by atoms with Gasteiger partial charge in [0.1, 0.15) is 10.7 Å². The second-order valence-electron chi connectivity index (χ2n) is 4.90. The van der Waals surface area contributed by atoms with Gasteiger partial charge in [0, 0.05) is 6.54 Å². The average molecular weight is 268 g/mol. The van der Waals surface area contributed by atoms with Gasteiger partial charge in [0.05, 0.1) is 18.0 Å². The third-order valence-corrected chi connectivity index (χ3v) is 3.77. The molecule has 1 aliphatic rings. The van der Waals surface area contributed by atoms with E-state index in [0.29, 0.717) is 38.2 Å². The number of aliphatic carboxylic acids is 1. The maximum Gasteiger partial charge on any atom is 0.433 e. The van der Waals surface area contributed by atoms with Crippen LogP contribution in [-0.2, 0) is 11.3 Å². The molecule has 7 heteroatoms. The highest BCUT2D eigenvalue weighted by molar-refractivity contribution is 5.75. The molecule has 2 rings (SSSR count). The van der Waals surface area contributed by atoms with Gasteiger partial charge in [-0.3, -0.25) is 19.8 Å². The van der Waals surface area contributed by atoms with E-state index in [4.69, 9.17) is 4.42 Å². The van der Waals surface area contributed by atoms with Crippen LogP contribution in [0.15, 0.2) is 16.5 Å². The molecular formula is C12H16N2O5. The van der Waals surface area contributed by atoms with Gasteiger partial charge in [-0.25, -0.2) is 0 Å². The molecule has 0 amide bonds. The van der Waals surface area contributed by atoms with Crippen LogP contribution in [0.4, 0.5) is 5.88 Å². The Balaban J connectivity index is 2.01. The summed E-state index contributed by atoms with van der Waals surface area (Å²) in [4.78, 5) is 23.2.